The van der Waals surface area contributed by atoms with Gasteiger partial charge in [-0.3, -0.25) is 9.69 Å². The minimum Gasteiger partial charge on any atom is -0.334 e. The van der Waals surface area contributed by atoms with Crippen LogP contribution in [0.25, 0.3) is 0 Å². The van der Waals surface area contributed by atoms with Crippen LogP contribution in [0, 0.1) is 0 Å². The maximum absolute atomic E-state index is 13.3. The highest BCUT2D eigenvalue weighted by molar-refractivity contribution is 5.99. The maximum atomic E-state index is 13.3. The second-order valence-electron chi connectivity index (χ2n) is 6.42. The molecule has 0 saturated carbocycles. The van der Waals surface area contributed by atoms with Crippen molar-refractivity contribution in [2.45, 2.75) is 0 Å². The van der Waals surface area contributed by atoms with Gasteiger partial charge in [0.2, 0.25) is 0 Å². The minimum atomic E-state index is -0.177. The first-order chi connectivity index (χ1) is 13.7. The molecule has 142 valence electrons. The summed E-state index contributed by atoms with van der Waals surface area (Å²) in [5, 5.41) is 9.96. The number of hydrogen-bond donors (Lipinski definition) is 1. The Balaban J connectivity index is 1.50. The van der Waals surface area contributed by atoms with Crippen LogP contribution in [0.4, 0.5) is 16.2 Å². The van der Waals surface area contributed by atoms with E-state index in [4.69, 9.17) is 0 Å². The summed E-state index contributed by atoms with van der Waals surface area (Å²) in [7, 11) is 0. The summed E-state index contributed by atoms with van der Waals surface area (Å²) in [5.41, 5.74) is 1.90. The number of nitrogens with one attached hydrogen (secondary N) is 1. The molecular formula is C20H20N6O2. The number of H-pyrrole nitrogens is 1. The zero-order valence-electron chi connectivity index (χ0n) is 15.2. The molecule has 8 heteroatoms. The van der Waals surface area contributed by atoms with Gasteiger partial charge in [0.15, 0.2) is 5.69 Å². The molecular weight excluding hydrogens is 356 g/mol. The van der Waals surface area contributed by atoms with Gasteiger partial charge in [-0.25, -0.2) is 4.79 Å². The summed E-state index contributed by atoms with van der Waals surface area (Å²) in [4.78, 5) is 30.9. The monoisotopic (exact) mass is 376 g/mol. The lowest BCUT2D eigenvalue weighted by Gasteiger charge is -2.37. The Hall–Kier alpha value is -3.68. The third-order valence-electron chi connectivity index (χ3n) is 4.69. The van der Waals surface area contributed by atoms with Gasteiger partial charge in [-0.15, -0.1) is 0 Å². The Labute approximate surface area is 162 Å². The van der Waals surface area contributed by atoms with Gasteiger partial charge in [0.05, 0.1) is 17.6 Å². The number of carbonyl (C=O) groups excluding carboxylic acids is 2. The first-order valence-electron chi connectivity index (χ1n) is 9.08. The van der Waals surface area contributed by atoms with E-state index in [9.17, 15) is 9.59 Å². The molecule has 2 heterocycles. The van der Waals surface area contributed by atoms with Gasteiger partial charge < -0.3 is 9.80 Å². The number of para-hydroxylation sites is 2. The molecule has 0 unspecified atom stereocenters. The summed E-state index contributed by atoms with van der Waals surface area (Å²) in [6.45, 7) is 1.82. The summed E-state index contributed by atoms with van der Waals surface area (Å²) in [5.74, 6) is -0.177. The number of urea groups is 1. The first kappa shape index (κ1) is 17.7. The number of aromatic amines is 1. The number of benzene rings is 2. The van der Waals surface area contributed by atoms with E-state index < -0.39 is 0 Å². The van der Waals surface area contributed by atoms with E-state index in [1.807, 2.05) is 60.7 Å². The fourth-order valence-electron chi connectivity index (χ4n) is 3.23. The van der Waals surface area contributed by atoms with Crippen LogP contribution in [0.5, 0.6) is 0 Å². The zero-order valence-corrected chi connectivity index (χ0v) is 15.2. The van der Waals surface area contributed by atoms with E-state index in [0.29, 0.717) is 26.2 Å². The number of anilines is 2. The van der Waals surface area contributed by atoms with E-state index in [1.54, 1.807) is 14.7 Å². The second-order valence-corrected chi connectivity index (χ2v) is 6.42. The van der Waals surface area contributed by atoms with Gasteiger partial charge in [0.1, 0.15) is 0 Å². The second kappa shape index (κ2) is 7.91. The van der Waals surface area contributed by atoms with Crippen LogP contribution in [-0.2, 0) is 0 Å². The number of nitrogens with zero attached hydrogens (tertiary/aromatic N) is 5. The van der Waals surface area contributed by atoms with E-state index in [2.05, 4.69) is 15.4 Å². The molecule has 0 radical (unpaired) electrons. The summed E-state index contributed by atoms with van der Waals surface area (Å²) >= 11 is 0. The molecule has 3 aromatic rings. The van der Waals surface area contributed by atoms with Crippen molar-refractivity contribution in [2.24, 2.45) is 0 Å². The Bertz CT molecular complexity index is 882. The highest BCUT2D eigenvalue weighted by atomic mass is 16.2. The molecule has 4 rings (SSSR count). The third-order valence-corrected chi connectivity index (χ3v) is 4.69. The smallest absolute Gasteiger partial charge is 0.329 e. The summed E-state index contributed by atoms with van der Waals surface area (Å²) in [6.07, 6.45) is 1.41. The van der Waals surface area contributed by atoms with Crippen LogP contribution < -0.4 is 4.90 Å². The van der Waals surface area contributed by atoms with Crippen molar-refractivity contribution in [1.82, 2.24) is 25.2 Å². The van der Waals surface area contributed by atoms with Crippen molar-refractivity contribution in [1.29, 1.82) is 0 Å². The van der Waals surface area contributed by atoms with Crippen LogP contribution in [-0.4, -0.2) is 63.3 Å². The average Bonchev–Trinajstić information content (AvgIpc) is 3.30. The van der Waals surface area contributed by atoms with E-state index >= 15 is 0 Å². The molecule has 1 aliphatic rings. The summed E-state index contributed by atoms with van der Waals surface area (Å²) in [6, 6.07) is 19.0. The Morgan fingerprint density at radius 3 is 1.86 bits per heavy atom. The lowest BCUT2D eigenvalue weighted by atomic mass is 10.2. The summed E-state index contributed by atoms with van der Waals surface area (Å²) < 4.78 is 0. The number of piperazine rings is 1. The van der Waals surface area contributed by atoms with Gasteiger partial charge in [0, 0.05) is 26.2 Å². The molecule has 2 aromatic carbocycles. The van der Waals surface area contributed by atoms with Gasteiger partial charge >= 0.3 is 6.03 Å². The normalized spacial score (nSPS) is 14.0. The number of hydrogen-bond acceptors (Lipinski definition) is 4. The molecule has 0 spiro atoms. The number of aromatic nitrogens is 3. The zero-order chi connectivity index (χ0) is 19.3. The quantitative estimate of drug-likeness (QED) is 0.761. The van der Waals surface area contributed by atoms with Crippen LogP contribution in [0.15, 0.2) is 66.9 Å². The topological polar surface area (TPSA) is 85.4 Å². The third kappa shape index (κ3) is 3.57. The van der Waals surface area contributed by atoms with Crippen LogP contribution in [0.1, 0.15) is 10.5 Å². The fraction of sp³-hybridized carbons (Fsp3) is 0.200. The predicted octanol–water partition coefficient (Wildman–Crippen LogP) is 2.52. The molecule has 3 amide bonds. The molecule has 0 aliphatic carbocycles. The molecule has 0 atom stereocenters. The fourth-order valence-corrected chi connectivity index (χ4v) is 3.23. The highest BCUT2D eigenvalue weighted by Crippen LogP contribution is 2.27. The molecule has 1 N–H and O–H groups in total. The van der Waals surface area contributed by atoms with Crippen LogP contribution in [0.2, 0.25) is 0 Å². The lowest BCUT2D eigenvalue weighted by molar-refractivity contribution is 0.0664. The SMILES string of the molecule is O=C(c1cn[nH]n1)N1CCN(C(=O)N(c2ccccc2)c2ccccc2)CC1. The van der Waals surface area contributed by atoms with Crippen molar-refractivity contribution in [3.63, 3.8) is 0 Å². The van der Waals surface area contributed by atoms with Gasteiger partial charge in [0.25, 0.3) is 5.91 Å². The van der Waals surface area contributed by atoms with Gasteiger partial charge in [-0.05, 0) is 24.3 Å². The highest BCUT2D eigenvalue weighted by Gasteiger charge is 2.29. The lowest BCUT2D eigenvalue weighted by Crippen LogP contribution is -2.53. The molecule has 28 heavy (non-hydrogen) atoms. The molecule has 1 aromatic heterocycles. The van der Waals surface area contributed by atoms with E-state index in [-0.39, 0.29) is 17.6 Å². The number of carbonyl (C=O) groups is 2. The van der Waals surface area contributed by atoms with Crippen molar-refractivity contribution in [3.8, 4) is 0 Å². The van der Waals surface area contributed by atoms with Crippen molar-refractivity contribution in [3.05, 3.63) is 72.6 Å². The number of amides is 3. The van der Waals surface area contributed by atoms with Gasteiger partial charge in [-0.2, -0.15) is 15.4 Å². The van der Waals surface area contributed by atoms with Crippen molar-refractivity contribution < 1.29 is 9.59 Å². The number of rotatable bonds is 3. The molecule has 1 fully saturated rings. The Morgan fingerprint density at radius 2 is 1.36 bits per heavy atom. The Kier molecular flexibility index (Phi) is 5.01. The molecule has 8 nitrogen and oxygen atoms in total. The Morgan fingerprint density at radius 1 is 0.821 bits per heavy atom. The van der Waals surface area contributed by atoms with Crippen molar-refractivity contribution >= 4 is 23.3 Å². The maximum Gasteiger partial charge on any atom is 0.329 e. The van der Waals surface area contributed by atoms with Crippen LogP contribution in [0.3, 0.4) is 0 Å². The van der Waals surface area contributed by atoms with Crippen molar-refractivity contribution in [2.75, 3.05) is 31.1 Å². The first-order valence-corrected chi connectivity index (χ1v) is 9.08. The molecule has 1 aliphatic heterocycles. The molecule has 0 bridgehead atoms. The van der Waals surface area contributed by atoms with E-state index in [0.717, 1.165) is 11.4 Å². The van der Waals surface area contributed by atoms with Crippen LogP contribution >= 0.6 is 0 Å². The largest absolute Gasteiger partial charge is 0.334 e. The van der Waals surface area contributed by atoms with Gasteiger partial charge in [-0.1, -0.05) is 36.4 Å². The average molecular weight is 376 g/mol. The molecule has 1 saturated heterocycles. The van der Waals surface area contributed by atoms with E-state index in [1.165, 1.54) is 6.20 Å². The minimum absolute atomic E-state index is 0.106. The standard InChI is InChI=1S/C20H20N6O2/c27-19(18-15-21-23-22-18)24-11-13-25(14-12-24)20(28)26(16-7-3-1-4-8-16)17-9-5-2-6-10-17/h1-10,15H,11-14H2,(H,21,22,23). The predicted molar refractivity (Wildman–Crippen MR) is 104 cm³/mol.